The molecule has 1 fully saturated rings. The molecule has 4 aromatic carbocycles. The van der Waals surface area contributed by atoms with Crippen molar-refractivity contribution in [2.24, 2.45) is 0 Å². The number of carbonyl (C=O) groups is 1. The van der Waals surface area contributed by atoms with Gasteiger partial charge in [0.15, 0.2) is 6.17 Å². The second-order valence-corrected chi connectivity index (χ2v) is 11.2. The lowest BCUT2D eigenvalue weighted by molar-refractivity contribution is -0.134. The van der Waals surface area contributed by atoms with Crippen molar-refractivity contribution >= 4 is 50.5 Å². The fraction of sp³-hybridized carbons (Fsp3) is 0.107. The van der Waals surface area contributed by atoms with Gasteiger partial charge in [-0.2, -0.15) is 0 Å². The minimum Gasteiger partial charge on any atom is -0.476 e. The lowest BCUT2D eigenvalue weighted by atomic mass is 10.0. The Morgan fingerprint density at radius 2 is 1.35 bits per heavy atom. The maximum absolute atomic E-state index is 14.2. The fourth-order valence-corrected chi connectivity index (χ4v) is 6.01. The van der Waals surface area contributed by atoms with E-state index in [1.165, 1.54) is 9.21 Å². The van der Waals surface area contributed by atoms with Crippen LogP contribution in [0.25, 0.3) is 0 Å². The van der Waals surface area contributed by atoms with Gasteiger partial charge in [0.25, 0.3) is 15.9 Å². The van der Waals surface area contributed by atoms with Crippen LogP contribution in [0.5, 0.6) is 5.75 Å². The molecule has 1 heterocycles. The molecule has 0 radical (unpaired) electrons. The molecule has 4 aromatic rings. The molecular weight excluding hydrogens is 531 g/mol. The SMILES string of the molecule is Cc1ccc(S(=O)(=O)N(c2ccc(Cl)cc2)[C@H]2[C@@H](Oc3ccccc3)C(=O)N2c2ccc(Cl)cc2)cc1. The van der Waals surface area contributed by atoms with Crippen LogP contribution in [-0.2, 0) is 14.8 Å². The summed E-state index contributed by atoms with van der Waals surface area (Å²) in [6.45, 7) is 1.88. The van der Waals surface area contributed by atoms with Gasteiger partial charge < -0.3 is 4.74 Å². The second kappa shape index (κ2) is 10.1. The fourth-order valence-electron chi connectivity index (χ4n) is 4.16. The summed E-state index contributed by atoms with van der Waals surface area (Å²) in [5.41, 5.74) is 1.75. The van der Waals surface area contributed by atoms with Gasteiger partial charge in [-0.1, -0.05) is 59.1 Å². The van der Waals surface area contributed by atoms with Crippen molar-refractivity contribution in [3.63, 3.8) is 0 Å². The van der Waals surface area contributed by atoms with E-state index in [0.717, 1.165) is 5.56 Å². The van der Waals surface area contributed by atoms with E-state index in [1.54, 1.807) is 97.1 Å². The molecule has 0 unspecified atom stereocenters. The maximum atomic E-state index is 14.2. The summed E-state index contributed by atoms with van der Waals surface area (Å²) < 4.78 is 35.7. The van der Waals surface area contributed by atoms with Crippen molar-refractivity contribution in [3.8, 4) is 5.75 Å². The van der Waals surface area contributed by atoms with E-state index >= 15 is 0 Å². The van der Waals surface area contributed by atoms with E-state index < -0.39 is 22.3 Å². The van der Waals surface area contributed by atoms with Gasteiger partial charge in [0.05, 0.1) is 10.6 Å². The Kier molecular flexibility index (Phi) is 6.86. The number of hydrogen-bond donors (Lipinski definition) is 0. The molecule has 0 bridgehead atoms. The highest BCUT2D eigenvalue weighted by molar-refractivity contribution is 7.92. The minimum atomic E-state index is -4.15. The largest absolute Gasteiger partial charge is 0.476 e. The monoisotopic (exact) mass is 552 g/mol. The molecule has 0 spiro atoms. The minimum absolute atomic E-state index is 0.0851. The van der Waals surface area contributed by atoms with Crippen LogP contribution in [0.15, 0.2) is 108 Å². The average Bonchev–Trinajstić information content (AvgIpc) is 2.90. The molecule has 37 heavy (non-hydrogen) atoms. The normalized spacial score (nSPS) is 17.3. The molecule has 1 saturated heterocycles. The molecule has 5 rings (SSSR count). The van der Waals surface area contributed by atoms with E-state index in [9.17, 15) is 13.2 Å². The molecule has 2 atom stereocenters. The molecule has 188 valence electrons. The smallest absolute Gasteiger partial charge is 0.274 e. The number of benzene rings is 4. The summed E-state index contributed by atoms with van der Waals surface area (Å²) in [6.07, 6.45) is -2.13. The lowest BCUT2D eigenvalue weighted by Gasteiger charge is -2.50. The number of ether oxygens (including phenoxy) is 1. The van der Waals surface area contributed by atoms with Crippen molar-refractivity contribution in [2.75, 3.05) is 9.21 Å². The van der Waals surface area contributed by atoms with Gasteiger partial charge in [-0.05, 0) is 79.7 Å². The highest BCUT2D eigenvalue weighted by atomic mass is 35.5. The van der Waals surface area contributed by atoms with Crippen molar-refractivity contribution in [2.45, 2.75) is 24.1 Å². The zero-order valence-electron chi connectivity index (χ0n) is 19.7. The van der Waals surface area contributed by atoms with Crippen LogP contribution in [0.2, 0.25) is 10.0 Å². The van der Waals surface area contributed by atoms with Gasteiger partial charge in [-0.3, -0.25) is 9.69 Å². The summed E-state index contributed by atoms with van der Waals surface area (Å²) in [4.78, 5) is 15.0. The Labute approximate surface area is 225 Å². The lowest BCUT2D eigenvalue weighted by Crippen LogP contribution is -2.74. The number of aryl methyl sites for hydroxylation is 1. The van der Waals surface area contributed by atoms with E-state index in [1.807, 2.05) is 13.0 Å². The molecule has 1 amide bonds. The molecule has 0 N–H and O–H groups in total. The highest BCUT2D eigenvalue weighted by Crippen LogP contribution is 2.39. The Balaban J connectivity index is 1.67. The molecule has 0 aliphatic carbocycles. The van der Waals surface area contributed by atoms with Gasteiger partial charge in [0.1, 0.15) is 5.75 Å². The average molecular weight is 553 g/mol. The Morgan fingerprint density at radius 1 is 0.784 bits per heavy atom. The summed E-state index contributed by atoms with van der Waals surface area (Å²) in [5.74, 6) is 0.0691. The molecule has 1 aliphatic rings. The van der Waals surface area contributed by atoms with Gasteiger partial charge >= 0.3 is 0 Å². The summed E-state index contributed by atoms with van der Waals surface area (Å²) >= 11 is 12.2. The van der Waals surface area contributed by atoms with E-state index in [4.69, 9.17) is 27.9 Å². The predicted octanol–water partition coefficient (Wildman–Crippen LogP) is 6.32. The summed E-state index contributed by atoms with van der Waals surface area (Å²) in [7, 11) is -4.15. The first kappa shape index (κ1) is 25.1. The number of amides is 1. The van der Waals surface area contributed by atoms with Gasteiger partial charge in [-0.15, -0.1) is 0 Å². The Hall–Kier alpha value is -3.52. The number of carbonyl (C=O) groups excluding carboxylic acids is 1. The van der Waals surface area contributed by atoms with Crippen LogP contribution >= 0.6 is 23.2 Å². The van der Waals surface area contributed by atoms with Gasteiger partial charge in [0, 0.05) is 15.7 Å². The molecule has 0 aromatic heterocycles. The third-order valence-electron chi connectivity index (χ3n) is 6.03. The molecule has 1 aliphatic heterocycles. The van der Waals surface area contributed by atoms with Crippen molar-refractivity contribution in [3.05, 3.63) is 119 Å². The van der Waals surface area contributed by atoms with Crippen molar-refractivity contribution in [1.29, 1.82) is 0 Å². The van der Waals surface area contributed by atoms with Crippen LogP contribution in [0.4, 0.5) is 11.4 Å². The van der Waals surface area contributed by atoms with Crippen LogP contribution in [-0.4, -0.2) is 26.6 Å². The van der Waals surface area contributed by atoms with E-state index in [-0.39, 0.29) is 10.8 Å². The number of hydrogen-bond acceptors (Lipinski definition) is 4. The highest BCUT2D eigenvalue weighted by Gasteiger charge is 2.56. The number of nitrogens with zero attached hydrogens (tertiary/aromatic N) is 2. The van der Waals surface area contributed by atoms with E-state index in [2.05, 4.69) is 0 Å². The molecule has 9 heteroatoms. The van der Waals surface area contributed by atoms with Crippen LogP contribution in [0.1, 0.15) is 5.56 Å². The van der Waals surface area contributed by atoms with Crippen LogP contribution in [0, 0.1) is 6.92 Å². The Bertz CT molecular complexity index is 1510. The number of anilines is 2. The van der Waals surface area contributed by atoms with Crippen LogP contribution in [0.3, 0.4) is 0 Å². The molecular formula is C28H22Cl2N2O4S. The molecule has 6 nitrogen and oxygen atoms in total. The third-order valence-corrected chi connectivity index (χ3v) is 8.34. The topological polar surface area (TPSA) is 66.9 Å². The van der Waals surface area contributed by atoms with Gasteiger partial charge in [0.2, 0.25) is 6.10 Å². The standard InChI is InChI=1S/C28H22Cl2N2O4S/c1-19-7-17-25(18-8-19)37(34,35)32(23-15-11-21(30)12-16-23)27-26(36-24-5-3-2-4-6-24)28(33)31(27)22-13-9-20(29)10-14-22/h2-18,26-27H,1H3/t26-,27+/m1/s1. The summed E-state index contributed by atoms with van der Waals surface area (Å²) in [5, 5.41) is 0.944. The second-order valence-electron chi connectivity index (χ2n) is 8.54. The predicted molar refractivity (Wildman–Crippen MR) is 146 cm³/mol. The Morgan fingerprint density at radius 3 is 1.95 bits per heavy atom. The summed E-state index contributed by atoms with van der Waals surface area (Å²) in [6, 6.07) is 28.5. The van der Waals surface area contributed by atoms with Gasteiger partial charge in [-0.25, -0.2) is 12.7 Å². The number of halogens is 2. The number of para-hydroxylation sites is 1. The first-order valence-electron chi connectivity index (χ1n) is 11.4. The van der Waals surface area contributed by atoms with Crippen LogP contribution < -0.4 is 13.9 Å². The van der Waals surface area contributed by atoms with Crippen molar-refractivity contribution in [1.82, 2.24) is 0 Å². The number of sulfonamides is 1. The number of rotatable bonds is 7. The number of β-lactam (4-membered cyclic amide) rings is 1. The maximum Gasteiger partial charge on any atom is 0.274 e. The molecule has 0 saturated carbocycles. The third kappa shape index (κ3) is 4.90. The van der Waals surface area contributed by atoms with Crippen molar-refractivity contribution < 1.29 is 17.9 Å². The quantitative estimate of drug-likeness (QED) is 0.252. The first-order chi connectivity index (χ1) is 17.8. The van der Waals surface area contributed by atoms with E-state index in [0.29, 0.717) is 27.2 Å². The zero-order valence-corrected chi connectivity index (χ0v) is 22.0. The zero-order chi connectivity index (χ0) is 26.2. The first-order valence-corrected chi connectivity index (χ1v) is 13.6.